The predicted octanol–water partition coefficient (Wildman–Crippen LogP) is 2.63. The van der Waals surface area contributed by atoms with E-state index in [9.17, 15) is 14.0 Å². The Kier molecular flexibility index (Phi) is 5.04. The van der Waals surface area contributed by atoms with Gasteiger partial charge in [-0.05, 0) is 24.3 Å². The van der Waals surface area contributed by atoms with Crippen LogP contribution in [0.3, 0.4) is 0 Å². The second-order valence-corrected chi connectivity index (χ2v) is 4.17. The Morgan fingerprint density at radius 2 is 1.57 bits per heavy atom. The van der Waals surface area contributed by atoms with Gasteiger partial charge in [0.25, 0.3) is 0 Å². The fourth-order valence-corrected chi connectivity index (χ4v) is 1.61. The van der Waals surface area contributed by atoms with Gasteiger partial charge in [-0.1, -0.05) is 30.3 Å². The van der Waals surface area contributed by atoms with Crippen molar-refractivity contribution in [2.24, 2.45) is 0 Å². The Hall–Kier alpha value is -2.69. The number of hydrogen-bond acceptors (Lipinski definition) is 4. The normalized spacial score (nSPS) is 9.95. The standard InChI is InChI=1S/C16H13FO4/c17-14-9-5-4-8-13(14)15(18)10-21-16(19)11-20-12-6-2-1-3-7-12/h1-9H,10-11H2. The number of esters is 1. The third-order valence-electron chi connectivity index (χ3n) is 2.64. The number of halogens is 1. The lowest BCUT2D eigenvalue weighted by atomic mass is 10.1. The van der Waals surface area contributed by atoms with E-state index in [0.29, 0.717) is 5.75 Å². The topological polar surface area (TPSA) is 52.6 Å². The highest BCUT2D eigenvalue weighted by atomic mass is 19.1. The smallest absolute Gasteiger partial charge is 0.344 e. The number of carbonyl (C=O) groups is 2. The minimum atomic E-state index is -0.691. The van der Waals surface area contributed by atoms with Crippen LogP contribution in [-0.4, -0.2) is 25.0 Å². The molecule has 2 rings (SSSR count). The lowest BCUT2D eigenvalue weighted by Gasteiger charge is -2.07. The highest BCUT2D eigenvalue weighted by Crippen LogP contribution is 2.09. The van der Waals surface area contributed by atoms with Gasteiger partial charge in [0.05, 0.1) is 5.56 Å². The molecule has 0 bridgehead atoms. The van der Waals surface area contributed by atoms with E-state index < -0.39 is 24.2 Å². The van der Waals surface area contributed by atoms with Crippen LogP contribution in [0.1, 0.15) is 10.4 Å². The molecule has 0 spiro atoms. The summed E-state index contributed by atoms with van der Waals surface area (Å²) in [6, 6.07) is 14.3. The number of rotatable bonds is 6. The first-order chi connectivity index (χ1) is 10.2. The average molecular weight is 288 g/mol. The lowest BCUT2D eigenvalue weighted by Crippen LogP contribution is -2.20. The fourth-order valence-electron chi connectivity index (χ4n) is 1.61. The molecule has 2 aromatic rings. The third kappa shape index (κ3) is 4.42. The summed E-state index contributed by atoms with van der Waals surface area (Å²) in [6.45, 7) is -0.827. The van der Waals surface area contributed by atoms with E-state index in [-0.39, 0.29) is 12.2 Å². The number of carbonyl (C=O) groups excluding carboxylic acids is 2. The van der Waals surface area contributed by atoms with Crippen LogP contribution in [0, 0.1) is 5.82 Å². The van der Waals surface area contributed by atoms with E-state index in [2.05, 4.69) is 0 Å². The van der Waals surface area contributed by atoms with Crippen LogP contribution in [0.5, 0.6) is 5.75 Å². The van der Waals surface area contributed by atoms with E-state index >= 15 is 0 Å². The molecule has 0 N–H and O–H groups in total. The summed E-state index contributed by atoms with van der Waals surface area (Å²) in [6.07, 6.45) is 0. The Morgan fingerprint density at radius 1 is 0.905 bits per heavy atom. The van der Waals surface area contributed by atoms with Gasteiger partial charge in [-0.3, -0.25) is 4.79 Å². The monoisotopic (exact) mass is 288 g/mol. The van der Waals surface area contributed by atoms with Crippen molar-refractivity contribution in [2.75, 3.05) is 13.2 Å². The van der Waals surface area contributed by atoms with Gasteiger partial charge in [0, 0.05) is 0 Å². The first-order valence-electron chi connectivity index (χ1n) is 6.28. The second-order valence-electron chi connectivity index (χ2n) is 4.17. The number of ether oxygens (including phenoxy) is 2. The van der Waals surface area contributed by atoms with Gasteiger partial charge in [-0.15, -0.1) is 0 Å². The Labute approximate surface area is 121 Å². The summed E-state index contributed by atoms with van der Waals surface area (Å²) in [5, 5.41) is 0. The van der Waals surface area contributed by atoms with E-state index in [0.717, 1.165) is 0 Å². The molecule has 0 atom stereocenters. The van der Waals surface area contributed by atoms with Crippen molar-refractivity contribution in [3.63, 3.8) is 0 Å². The summed E-state index contributed by atoms with van der Waals surface area (Å²) in [5.41, 5.74) is -0.103. The van der Waals surface area contributed by atoms with E-state index in [1.165, 1.54) is 24.3 Å². The number of benzene rings is 2. The number of hydrogen-bond donors (Lipinski definition) is 0. The zero-order chi connectivity index (χ0) is 15.1. The molecule has 0 radical (unpaired) electrons. The quantitative estimate of drug-likeness (QED) is 0.605. The molecule has 0 fully saturated rings. The molecule has 0 amide bonds. The SMILES string of the molecule is O=C(COc1ccccc1)OCC(=O)c1ccccc1F. The molecule has 0 aliphatic carbocycles. The van der Waals surface area contributed by atoms with Crippen LogP contribution < -0.4 is 4.74 Å². The Bertz CT molecular complexity index is 625. The lowest BCUT2D eigenvalue weighted by molar-refractivity contribution is -0.144. The van der Waals surface area contributed by atoms with Crippen molar-refractivity contribution in [1.82, 2.24) is 0 Å². The van der Waals surface area contributed by atoms with Crippen molar-refractivity contribution in [3.8, 4) is 5.75 Å². The highest BCUT2D eigenvalue weighted by Gasteiger charge is 2.13. The second kappa shape index (κ2) is 7.19. The summed E-state index contributed by atoms with van der Waals surface area (Å²) in [4.78, 5) is 23.1. The van der Waals surface area contributed by atoms with Crippen molar-refractivity contribution >= 4 is 11.8 Å². The van der Waals surface area contributed by atoms with Gasteiger partial charge in [-0.2, -0.15) is 0 Å². The Morgan fingerprint density at radius 3 is 2.29 bits per heavy atom. The van der Waals surface area contributed by atoms with Crippen LogP contribution in [-0.2, 0) is 9.53 Å². The van der Waals surface area contributed by atoms with Gasteiger partial charge >= 0.3 is 5.97 Å². The van der Waals surface area contributed by atoms with Crippen molar-refractivity contribution in [3.05, 3.63) is 66.0 Å². The van der Waals surface area contributed by atoms with E-state index in [4.69, 9.17) is 9.47 Å². The molecule has 0 heterocycles. The maximum absolute atomic E-state index is 13.3. The van der Waals surface area contributed by atoms with Gasteiger partial charge in [0.1, 0.15) is 11.6 Å². The molecule has 0 aliphatic heterocycles. The predicted molar refractivity (Wildman–Crippen MR) is 73.6 cm³/mol. The molecule has 0 aromatic heterocycles. The van der Waals surface area contributed by atoms with E-state index in [1.807, 2.05) is 6.07 Å². The largest absolute Gasteiger partial charge is 0.482 e. The van der Waals surface area contributed by atoms with Gasteiger partial charge < -0.3 is 9.47 Å². The minimum Gasteiger partial charge on any atom is -0.482 e. The van der Waals surface area contributed by atoms with Crippen molar-refractivity contribution < 1.29 is 23.5 Å². The Balaban J connectivity index is 1.79. The molecule has 0 aliphatic rings. The van der Waals surface area contributed by atoms with Crippen LogP contribution >= 0.6 is 0 Å². The zero-order valence-corrected chi connectivity index (χ0v) is 11.1. The van der Waals surface area contributed by atoms with Crippen LogP contribution in [0.25, 0.3) is 0 Å². The summed E-state index contributed by atoms with van der Waals surface area (Å²) >= 11 is 0. The number of ketones is 1. The summed E-state index contributed by atoms with van der Waals surface area (Å²) in [7, 11) is 0. The van der Waals surface area contributed by atoms with Gasteiger partial charge in [0.2, 0.25) is 5.78 Å². The molecule has 4 nitrogen and oxygen atoms in total. The molecule has 5 heteroatoms. The van der Waals surface area contributed by atoms with Crippen LogP contribution in [0.4, 0.5) is 4.39 Å². The van der Waals surface area contributed by atoms with Gasteiger partial charge in [0.15, 0.2) is 13.2 Å². The average Bonchev–Trinajstić information content (AvgIpc) is 2.52. The summed E-state index contributed by atoms with van der Waals surface area (Å²) < 4.78 is 23.3. The molecule has 21 heavy (non-hydrogen) atoms. The fraction of sp³-hybridized carbons (Fsp3) is 0.125. The zero-order valence-electron chi connectivity index (χ0n) is 11.1. The van der Waals surface area contributed by atoms with Gasteiger partial charge in [-0.25, -0.2) is 9.18 Å². The molecule has 2 aromatic carbocycles. The van der Waals surface area contributed by atoms with Crippen LogP contribution in [0.15, 0.2) is 54.6 Å². The van der Waals surface area contributed by atoms with Crippen molar-refractivity contribution in [2.45, 2.75) is 0 Å². The number of para-hydroxylation sites is 1. The molecule has 0 saturated heterocycles. The highest BCUT2D eigenvalue weighted by molar-refractivity contribution is 5.98. The molecular weight excluding hydrogens is 275 g/mol. The number of Topliss-reactive ketones (excluding diaryl/α,β-unsaturated/α-hetero) is 1. The molecule has 108 valence electrons. The maximum atomic E-state index is 13.3. The molecule has 0 unspecified atom stereocenters. The minimum absolute atomic E-state index is 0.103. The summed E-state index contributed by atoms with van der Waals surface area (Å²) in [5.74, 6) is -1.40. The molecular formula is C16H13FO4. The molecule has 0 saturated carbocycles. The van der Waals surface area contributed by atoms with Crippen molar-refractivity contribution in [1.29, 1.82) is 0 Å². The maximum Gasteiger partial charge on any atom is 0.344 e. The first kappa shape index (κ1) is 14.7. The van der Waals surface area contributed by atoms with Crippen LogP contribution in [0.2, 0.25) is 0 Å². The van der Waals surface area contributed by atoms with E-state index in [1.54, 1.807) is 24.3 Å². The first-order valence-corrected chi connectivity index (χ1v) is 6.28. The third-order valence-corrected chi connectivity index (χ3v) is 2.64.